The van der Waals surface area contributed by atoms with Crippen LogP contribution in [0.25, 0.3) is 0 Å². The topological polar surface area (TPSA) is 75.4 Å². The minimum Gasteiger partial charge on any atom is -0.344 e. The molecule has 0 aliphatic rings. The number of para-hydroxylation sites is 1. The van der Waals surface area contributed by atoms with Crippen LogP contribution in [-0.2, 0) is 16.0 Å². The Labute approximate surface area is 161 Å². The van der Waals surface area contributed by atoms with Gasteiger partial charge in [0.1, 0.15) is 6.04 Å². The number of hydrogen-bond acceptors (Lipinski definition) is 3. The number of carbonyl (C=O) groups is 2. The maximum atomic E-state index is 13.0. The first-order valence-electron chi connectivity index (χ1n) is 8.40. The minimum absolute atomic E-state index is 0. The van der Waals surface area contributed by atoms with E-state index >= 15 is 0 Å². The Balaban J connectivity index is 0.00000338. The minimum atomic E-state index is -0.644. The number of benzene rings is 2. The van der Waals surface area contributed by atoms with Crippen LogP contribution in [0.15, 0.2) is 60.7 Å². The van der Waals surface area contributed by atoms with Gasteiger partial charge in [-0.15, -0.1) is 12.4 Å². The van der Waals surface area contributed by atoms with E-state index in [0.29, 0.717) is 6.42 Å². The summed E-state index contributed by atoms with van der Waals surface area (Å²) in [6.07, 6.45) is 0.430. The molecule has 140 valence electrons. The Morgan fingerprint density at radius 1 is 1.04 bits per heavy atom. The van der Waals surface area contributed by atoms with Gasteiger partial charge in [0, 0.05) is 31.6 Å². The molecule has 0 radical (unpaired) electrons. The Hall–Kier alpha value is -2.37. The molecule has 2 amide bonds. The second-order valence-electron chi connectivity index (χ2n) is 6.12. The average Bonchev–Trinajstić information content (AvgIpc) is 2.67. The second kappa shape index (κ2) is 10.6. The summed E-state index contributed by atoms with van der Waals surface area (Å²) in [7, 11) is 1.72. The third-order valence-electron chi connectivity index (χ3n) is 4.17. The third-order valence-corrected chi connectivity index (χ3v) is 4.17. The highest BCUT2D eigenvalue weighted by atomic mass is 35.5. The van der Waals surface area contributed by atoms with Gasteiger partial charge in [0.05, 0.1) is 0 Å². The van der Waals surface area contributed by atoms with Crippen LogP contribution in [0.4, 0.5) is 5.69 Å². The van der Waals surface area contributed by atoms with Crippen molar-refractivity contribution in [3.8, 4) is 0 Å². The van der Waals surface area contributed by atoms with Crippen LogP contribution < -0.4 is 16.0 Å². The lowest BCUT2D eigenvalue weighted by Gasteiger charge is -2.26. The number of anilines is 1. The number of nitrogens with one attached hydrogen (secondary N) is 1. The molecular weight excluding hydrogens is 350 g/mol. The summed E-state index contributed by atoms with van der Waals surface area (Å²) in [6, 6.07) is 18.4. The first kappa shape index (κ1) is 21.7. The number of likely N-dealkylation sites (N-methyl/N-ethyl adjacent to an activating group) is 1. The van der Waals surface area contributed by atoms with Crippen molar-refractivity contribution in [2.24, 2.45) is 11.7 Å². The van der Waals surface area contributed by atoms with Crippen molar-refractivity contribution in [3.63, 3.8) is 0 Å². The summed E-state index contributed by atoms with van der Waals surface area (Å²) in [5.41, 5.74) is 7.34. The van der Waals surface area contributed by atoms with Crippen LogP contribution >= 0.6 is 12.4 Å². The fourth-order valence-electron chi connectivity index (χ4n) is 2.48. The molecule has 0 aliphatic carbocycles. The van der Waals surface area contributed by atoms with E-state index < -0.39 is 6.04 Å². The molecule has 0 aliphatic heterocycles. The molecule has 2 atom stereocenters. The molecule has 0 fully saturated rings. The van der Waals surface area contributed by atoms with Crippen molar-refractivity contribution in [1.82, 2.24) is 5.32 Å². The molecule has 2 aromatic rings. The van der Waals surface area contributed by atoms with Crippen LogP contribution in [0.1, 0.15) is 12.5 Å². The van der Waals surface area contributed by atoms with Crippen LogP contribution in [0, 0.1) is 5.92 Å². The number of carbonyl (C=O) groups excluding carboxylic acids is 2. The van der Waals surface area contributed by atoms with Gasteiger partial charge >= 0.3 is 0 Å². The summed E-state index contributed by atoms with van der Waals surface area (Å²) in [5, 5.41) is 2.86. The SMILES string of the molecule is CC(CN)C(=O)N[C@@H](Cc1ccccc1)C(=O)N(C)c1ccccc1.Cl. The van der Waals surface area contributed by atoms with E-state index in [9.17, 15) is 9.59 Å². The average molecular weight is 376 g/mol. The molecule has 5 nitrogen and oxygen atoms in total. The zero-order chi connectivity index (χ0) is 18.2. The molecule has 26 heavy (non-hydrogen) atoms. The van der Waals surface area contributed by atoms with Crippen molar-refractivity contribution in [2.75, 3.05) is 18.5 Å². The van der Waals surface area contributed by atoms with E-state index in [4.69, 9.17) is 5.73 Å². The van der Waals surface area contributed by atoms with Gasteiger partial charge in [-0.1, -0.05) is 55.5 Å². The normalized spacial score (nSPS) is 12.4. The Morgan fingerprint density at radius 2 is 1.58 bits per heavy atom. The molecule has 2 aromatic carbocycles. The molecule has 1 unspecified atom stereocenters. The number of nitrogens with two attached hydrogens (primary N) is 1. The van der Waals surface area contributed by atoms with Gasteiger partial charge in [0.2, 0.25) is 11.8 Å². The van der Waals surface area contributed by atoms with E-state index in [1.54, 1.807) is 18.9 Å². The molecule has 0 spiro atoms. The van der Waals surface area contributed by atoms with Gasteiger partial charge in [-0.3, -0.25) is 9.59 Å². The van der Waals surface area contributed by atoms with Gasteiger partial charge in [0.25, 0.3) is 0 Å². The van der Waals surface area contributed by atoms with Crippen LogP contribution in [0.5, 0.6) is 0 Å². The summed E-state index contributed by atoms with van der Waals surface area (Å²) < 4.78 is 0. The first-order chi connectivity index (χ1) is 12.0. The van der Waals surface area contributed by atoms with Crippen LogP contribution in [-0.4, -0.2) is 31.4 Å². The lowest BCUT2D eigenvalue weighted by Crippen LogP contribution is -2.50. The monoisotopic (exact) mass is 375 g/mol. The summed E-state index contributed by atoms with van der Waals surface area (Å²) in [4.78, 5) is 26.8. The number of amides is 2. The lowest BCUT2D eigenvalue weighted by molar-refractivity contribution is -0.129. The van der Waals surface area contributed by atoms with Crippen LogP contribution in [0.2, 0.25) is 0 Å². The molecule has 0 bridgehead atoms. The zero-order valence-corrected chi connectivity index (χ0v) is 15.9. The maximum Gasteiger partial charge on any atom is 0.249 e. The number of nitrogens with zero attached hydrogens (tertiary/aromatic N) is 1. The van der Waals surface area contributed by atoms with Gasteiger partial charge in [-0.2, -0.15) is 0 Å². The van der Waals surface area contributed by atoms with Crippen molar-refractivity contribution >= 4 is 29.9 Å². The molecule has 6 heteroatoms. The lowest BCUT2D eigenvalue weighted by atomic mass is 10.0. The molecule has 0 saturated carbocycles. The Bertz CT molecular complexity index is 695. The standard InChI is InChI=1S/C20H25N3O2.ClH/c1-15(14-21)19(24)22-18(13-16-9-5-3-6-10-16)20(25)23(2)17-11-7-4-8-12-17;/h3-12,15,18H,13-14,21H2,1-2H3,(H,22,24);1H/t15?,18-;/m0./s1. The molecule has 3 N–H and O–H groups in total. The van der Waals surface area contributed by atoms with Crippen molar-refractivity contribution in [3.05, 3.63) is 66.2 Å². The number of halogens is 1. The summed E-state index contributed by atoms with van der Waals surface area (Å²) in [6.45, 7) is 1.99. The van der Waals surface area contributed by atoms with Gasteiger partial charge < -0.3 is 16.0 Å². The molecule has 0 saturated heterocycles. The first-order valence-corrected chi connectivity index (χ1v) is 8.40. The number of hydrogen-bond donors (Lipinski definition) is 2. The third kappa shape index (κ3) is 5.86. The molecular formula is C20H26ClN3O2. The largest absolute Gasteiger partial charge is 0.344 e. The highest BCUT2D eigenvalue weighted by Gasteiger charge is 2.26. The fraction of sp³-hybridized carbons (Fsp3) is 0.300. The zero-order valence-electron chi connectivity index (χ0n) is 15.1. The van der Waals surface area contributed by atoms with Crippen LogP contribution in [0.3, 0.4) is 0 Å². The van der Waals surface area contributed by atoms with Gasteiger partial charge in [-0.25, -0.2) is 0 Å². The maximum absolute atomic E-state index is 13.0. The van der Waals surface area contributed by atoms with Gasteiger partial charge in [0.15, 0.2) is 0 Å². The van der Waals surface area contributed by atoms with E-state index in [1.165, 1.54) is 0 Å². The quantitative estimate of drug-likeness (QED) is 0.780. The van der Waals surface area contributed by atoms with Crippen molar-refractivity contribution in [2.45, 2.75) is 19.4 Å². The Kier molecular flexibility index (Phi) is 8.82. The molecule has 0 aromatic heterocycles. The smallest absolute Gasteiger partial charge is 0.249 e. The number of rotatable bonds is 7. The predicted molar refractivity (Wildman–Crippen MR) is 107 cm³/mol. The van der Waals surface area contributed by atoms with E-state index in [-0.39, 0.29) is 36.7 Å². The highest BCUT2D eigenvalue weighted by molar-refractivity contribution is 5.99. The summed E-state index contributed by atoms with van der Waals surface area (Å²) in [5.74, 6) is -0.709. The van der Waals surface area contributed by atoms with Gasteiger partial charge in [-0.05, 0) is 17.7 Å². The van der Waals surface area contributed by atoms with E-state index in [1.807, 2.05) is 60.7 Å². The fourth-order valence-corrected chi connectivity index (χ4v) is 2.48. The van der Waals surface area contributed by atoms with E-state index in [0.717, 1.165) is 11.3 Å². The van der Waals surface area contributed by atoms with Crippen molar-refractivity contribution in [1.29, 1.82) is 0 Å². The van der Waals surface area contributed by atoms with E-state index in [2.05, 4.69) is 5.32 Å². The molecule has 0 heterocycles. The predicted octanol–water partition coefficient (Wildman–Crippen LogP) is 2.39. The van der Waals surface area contributed by atoms with Crippen molar-refractivity contribution < 1.29 is 9.59 Å². The highest BCUT2D eigenvalue weighted by Crippen LogP contribution is 2.14. The Morgan fingerprint density at radius 3 is 2.12 bits per heavy atom. The molecule has 2 rings (SSSR count). The second-order valence-corrected chi connectivity index (χ2v) is 6.12. The summed E-state index contributed by atoms with van der Waals surface area (Å²) >= 11 is 0.